The maximum atomic E-state index is 12.7. The Kier molecular flexibility index (Phi) is 6.01. The van der Waals surface area contributed by atoms with Crippen LogP contribution in [0.4, 0.5) is 17.1 Å². The summed E-state index contributed by atoms with van der Waals surface area (Å²) in [4.78, 5) is 37.9. The molecule has 152 valence electrons. The largest absolute Gasteiger partial charge is 0.493 e. The van der Waals surface area contributed by atoms with Gasteiger partial charge >= 0.3 is 0 Å². The van der Waals surface area contributed by atoms with E-state index < -0.39 is 5.92 Å². The van der Waals surface area contributed by atoms with Gasteiger partial charge < -0.3 is 25.0 Å². The lowest BCUT2D eigenvalue weighted by atomic mass is 10.1. The maximum Gasteiger partial charge on any atom is 0.229 e. The average Bonchev–Trinajstić information content (AvgIpc) is 3.09. The summed E-state index contributed by atoms with van der Waals surface area (Å²) in [5.74, 6) is 0.0165. The fourth-order valence-electron chi connectivity index (χ4n) is 3.25. The van der Waals surface area contributed by atoms with E-state index in [9.17, 15) is 14.4 Å². The number of carbonyl (C=O) groups excluding carboxylic acids is 3. The number of ether oxygens (including phenoxy) is 2. The number of methoxy groups -OCH3 is 2. The molecule has 0 radical (unpaired) electrons. The van der Waals surface area contributed by atoms with E-state index >= 15 is 0 Å². The highest BCUT2D eigenvalue weighted by molar-refractivity contribution is 6.04. The first-order valence-corrected chi connectivity index (χ1v) is 9.12. The van der Waals surface area contributed by atoms with E-state index in [1.165, 1.54) is 14.0 Å². The SMILES string of the molecule is COc1ccc(N2CC(C(=O)Nc3cccc(NC(C)=O)c3)CC2=O)cc1OC. The minimum absolute atomic E-state index is 0.117. The standard InChI is InChI=1S/C21H23N3O5/c1-13(25)22-15-5-4-6-16(10-15)23-21(27)14-9-20(26)24(12-14)17-7-8-18(28-2)19(11-17)29-3/h4-8,10-11,14H,9,12H2,1-3H3,(H,22,25)(H,23,27). The molecule has 1 aliphatic rings. The van der Waals surface area contributed by atoms with Crippen LogP contribution in [0, 0.1) is 5.92 Å². The quantitative estimate of drug-likeness (QED) is 0.781. The summed E-state index contributed by atoms with van der Waals surface area (Å²) < 4.78 is 10.5. The molecule has 8 heteroatoms. The van der Waals surface area contributed by atoms with Crippen LogP contribution in [-0.2, 0) is 14.4 Å². The van der Waals surface area contributed by atoms with Gasteiger partial charge in [-0.3, -0.25) is 14.4 Å². The van der Waals surface area contributed by atoms with Crippen LogP contribution in [0.25, 0.3) is 0 Å². The second-order valence-corrected chi connectivity index (χ2v) is 6.70. The van der Waals surface area contributed by atoms with Gasteiger partial charge in [0.15, 0.2) is 11.5 Å². The summed E-state index contributed by atoms with van der Waals surface area (Å²) in [5, 5.41) is 5.49. The molecule has 1 fully saturated rings. The van der Waals surface area contributed by atoms with Crippen molar-refractivity contribution in [3.63, 3.8) is 0 Å². The zero-order chi connectivity index (χ0) is 21.0. The van der Waals surface area contributed by atoms with Crippen LogP contribution in [-0.4, -0.2) is 38.5 Å². The molecular formula is C21H23N3O5. The topological polar surface area (TPSA) is 97.0 Å². The molecule has 3 amide bonds. The summed E-state index contributed by atoms with van der Waals surface area (Å²) in [7, 11) is 3.07. The highest BCUT2D eigenvalue weighted by Gasteiger charge is 2.35. The molecule has 0 saturated carbocycles. The molecule has 3 rings (SSSR count). The van der Waals surface area contributed by atoms with Crippen LogP contribution < -0.4 is 25.0 Å². The van der Waals surface area contributed by atoms with Gasteiger partial charge in [0.05, 0.1) is 20.1 Å². The Labute approximate surface area is 168 Å². The Balaban J connectivity index is 1.70. The molecule has 0 bridgehead atoms. The molecule has 2 aromatic carbocycles. The summed E-state index contributed by atoms with van der Waals surface area (Å²) in [5.41, 5.74) is 1.79. The third kappa shape index (κ3) is 4.66. The Morgan fingerprint density at radius 1 is 1.00 bits per heavy atom. The summed E-state index contributed by atoms with van der Waals surface area (Å²) in [6, 6.07) is 12.1. The van der Waals surface area contributed by atoms with Gasteiger partial charge in [-0.2, -0.15) is 0 Å². The van der Waals surface area contributed by atoms with Crippen LogP contribution in [0.5, 0.6) is 11.5 Å². The van der Waals surface area contributed by atoms with Crippen molar-refractivity contribution in [2.75, 3.05) is 36.3 Å². The lowest BCUT2D eigenvalue weighted by molar-refractivity contribution is -0.122. The Bertz CT molecular complexity index is 944. The lowest BCUT2D eigenvalue weighted by Crippen LogP contribution is -2.28. The van der Waals surface area contributed by atoms with Crippen molar-refractivity contribution in [2.24, 2.45) is 5.92 Å². The van der Waals surface area contributed by atoms with Gasteiger partial charge in [0.2, 0.25) is 17.7 Å². The molecule has 29 heavy (non-hydrogen) atoms. The van der Waals surface area contributed by atoms with Crippen molar-refractivity contribution in [3.05, 3.63) is 42.5 Å². The van der Waals surface area contributed by atoms with Crippen LogP contribution in [0.3, 0.4) is 0 Å². The van der Waals surface area contributed by atoms with E-state index in [2.05, 4.69) is 10.6 Å². The summed E-state index contributed by atoms with van der Waals surface area (Å²) >= 11 is 0. The predicted octanol–water partition coefficient (Wildman–Crippen LogP) is 2.65. The monoisotopic (exact) mass is 397 g/mol. The van der Waals surface area contributed by atoms with E-state index in [-0.39, 0.29) is 30.7 Å². The Morgan fingerprint density at radius 3 is 2.34 bits per heavy atom. The number of amides is 3. The average molecular weight is 397 g/mol. The van der Waals surface area contributed by atoms with Crippen LogP contribution in [0.1, 0.15) is 13.3 Å². The molecule has 0 aliphatic carbocycles. The zero-order valence-corrected chi connectivity index (χ0v) is 16.5. The van der Waals surface area contributed by atoms with Gasteiger partial charge in [-0.05, 0) is 30.3 Å². The number of anilines is 3. The summed E-state index contributed by atoms with van der Waals surface area (Å²) in [6.07, 6.45) is 0.117. The first-order valence-electron chi connectivity index (χ1n) is 9.12. The third-order valence-electron chi connectivity index (χ3n) is 4.63. The Hall–Kier alpha value is -3.55. The van der Waals surface area contributed by atoms with Gasteiger partial charge in [0.1, 0.15) is 0 Å². The van der Waals surface area contributed by atoms with Crippen LogP contribution in [0.15, 0.2) is 42.5 Å². The minimum Gasteiger partial charge on any atom is -0.493 e. The zero-order valence-electron chi connectivity index (χ0n) is 16.5. The van der Waals surface area contributed by atoms with Crippen LogP contribution in [0.2, 0.25) is 0 Å². The predicted molar refractivity (Wildman–Crippen MR) is 109 cm³/mol. The van der Waals surface area contributed by atoms with Crippen molar-refractivity contribution >= 4 is 34.8 Å². The Morgan fingerprint density at radius 2 is 1.69 bits per heavy atom. The van der Waals surface area contributed by atoms with Crippen molar-refractivity contribution in [1.82, 2.24) is 0 Å². The molecular weight excluding hydrogens is 374 g/mol. The fourth-order valence-corrected chi connectivity index (χ4v) is 3.25. The molecule has 2 aromatic rings. The van der Waals surface area contributed by atoms with Gasteiger partial charge in [-0.1, -0.05) is 6.07 Å². The van der Waals surface area contributed by atoms with E-state index in [1.807, 2.05) is 0 Å². The van der Waals surface area contributed by atoms with Gasteiger partial charge in [-0.25, -0.2) is 0 Å². The number of rotatable bonds is 6. The van der Waals surface area contributed by atoms with Crippen molar-refractivity contribution in [2.45, 2.75) is 13.3 Å². The molecule has 1 saturated heterocycles. The molecule has 2 N–H and O–H groups in total. The molecule has 0 spiro atoms. The van der Waals surface area contributed by atoms with Gasteiger partial charge in [0.25, 0.3) is 0 Å². The maximum absolute atomic E-state index is 12.7. The second kappa shape index (κ2) is 8.64. The van der Waals surface area contributed by atoms with Crippen molar-refractivity contribution in [1.29, 1.82) is 0 Å². The molecule has 0 aromatic heterocycles. The van der Waals surface area contributed by atoms with E-state index in [0.29, 0.717) is 28.6 Å². The molecule has 1 unspecified atom stereocenters. The van der Waals surface area contributed by atoms with E-state index in [0.717, 1.165) is 0 Å². The normalized spacial score (nSPS) is 15.8. The number of hydrogen-bond donors (Lipinski definition) is 2. The third-order valence-corrected chi connectivity index (χ3v) is 4.63. The van der Waals surface area contributed by atoms with E-state index in [1.54, 1.807) is 54.5 Å². The molecule has 1 aliphatic heterocycles. The highest BCUT2D eigenvalue weighted by atomic mass is 16.5. The first-order chi connectivity index (χ1) is 13.9. The molecule has 8 nitrogen and oxygen atoms in total. The van der Waals surface area contributed by atoms with Crippen LogP contribution >= 0.6 is 0 Å². The number of nitrogens with zero attached hydrogens (tertiary/aromatic N) is 1. The first kappa shape index (κ1) is 20.2. The lowest BCUT2D eigenvalue weighted by Gasteiger charge is -2.18. The van der Waals surface area contributed by atoms with Crippen molar-refractivity contribution < 1.29 is 23.9 Å². The van der Waals surface area contributed by atoms with E-state index in [4.69, 9.17) is 9.47 Å². The minimum atomic E-state index is -0.486. The highest BCUT2D eigenvalue weighted by Crippen LogP contribution is 2.34. The number of carbonyl (C=O) groups is 3. The molecule has 1 atom stereocenters. The summed E-state index contributed by atoms with van der Waals surface area (Å²) in [6.45, 7) is 1.68. The van der Waals surface area contributed by atoms with Gasteiger partial charge in [0, 0.05) is 43.0 Å². The number of nitrogens with one attached hydrogen (secondary N) is 2. The number of benzene rings is 2. The van der Waals surface area contributed by atoms with Gasteiger partial charge in [-0.15, -0.1) is 0 Å². The fraction of sp³-hybridized carbons (Fsp3) is 0.286. The molecule has 1 heterocycles. The second-order valence-electron chi connectivity index (χ2n) is 6.70. The number of hydrogen-bond acceptors (Lipinski definition) is 5. The smallest absolute Gasteiger partial charge is 0.229 e. The van der Waals surface area contributed by atoms with Crippen molar-refractivity contribution in [3.8, 4) is 11.5 Å².